The standard InChI is InChI=1S/C10H12P2/c11-9-3-1-7-5-10(12)4-2-8(7)6-9/h1,3,5-6H,2,4,11-12H2. The minimum absolute atomic E-state index is 1.19. The summed E-state index contributed by atoms with van der Waals surface area (Å²) in [5, 5.41) is 2.70. The van der Waals surface area contributed by atoms with E-state index in [0.717, 1.165) is 0 Å². The average molecular weight is 194 g/mol. The number of rotatable bonds is 0. The molecule has 0 bridgehead atoms. The van der Waals surface area contributed by atoms with Gasteiger partial charge in [0.1, 0.15) is 0 Å². The van der Waals surface area contributed by atoms with Crippen LogP contribution in [0.3, 0.4) is 0 Å². The van der Waals surface area contributed by atoms with Crippen molar-refractivity contribution in [3.05, 3.63) is 34.6 Å². The lowest BCUT2D eigenvalue weighted by Gasteiger charge is -2.13. The van der Waals surface area contributed by atoms with Crippen molar-refractivity contribution in [2.45, 2.75) is 12.8 Å². The molecule has 0 saturated heterocycles. The highest BCUT2D eigenvalue weighted by Gasteiger charge is 2.06. The fourth-order valence-electron chi connectivity index (χ4n) is 1.53. The first-order chi connectivity index (χ1) is 5.75. The Morgan fingerprint density at radius 1 is 1.08 bits per heavy atom. The Morgan fingerprint density at radius 2 is 1.92 bits per heavy atom. The first kappa shape index (κ1) is 8.42. The molecule has 0 aliphatic heterocycles. The monoisotopic (exact) mass is 194 g/mol. The zero-order chi connectivity index (χ0) is 8.55. The van der Waals surface area contributed by atoms with Gasteiger partial charge in [0.15, 0.2) is 0 Å². The Balaban J connectivity index is 2.51. The van der Waals surface area contributed by atoms with E-state index in [1.54, 1.807) is 0 Å². The molecule has 2 unspecified atom stereocenters. The van der Waals surface area contributed by atoms with Crippen LogP contribution >= 0.6 is 18.5 Å². The van der Waals surface area contributed by atoms with Crippen molar-refractivity contribution in [1.82, 2.24) is 0 Å². The van der Waals surface area contributed by atoms with Gasteiger partial charge in [-0.2, -0.15) is 0 Å². The van der Waals surface area contributed by atoms with Crippen molar-refractivity contribution in [2.75, 3.05) is 0 Å². The molecule has 0 fully saturated rings. The van der Waals surface area contributed by atoms with Gasteiger partial charge in [-0.05, 0) is 29.3 Å². The van der Waals surface area contributed by atoms with Gasteiger partial charge in [0.05, 0.1) is 0 Å². The van der Waals surface area contributed by atoms with Gasteiger partial charge in [0.2, 0.25) is 0 Å². The molecule has 0 nitrogen and oxygen atoms in total. The normalized spacial score (nSPS) is 15.3. The molecule has 0 radical (unpaired) electrons. The SMILES string of the molecule is PC1=Cc2ccc(P)cc2CC1. The first-order valence-electron chi connectivity index (χ1n) is 4.10. The van der Waals surface area contributed by atoms with Crippen LogP contribution in [0, 0.1) is 0 Å². The van der Waals surface area contributed by atoms with Crippen molar-refractivity contribution in [2.24, 2.45) is 0 Å². The van der Waals surface area contributed by atoms with Gasteiger partial charge in [-0.3, -0.25) is 0 Å². The molecular formula is C10H12P2. The molecule has 0 amide bonds. The number of aryl methyl sites for hydroxylation is 1. The lowest BCUT2D eigenvalue weighted by molar-refractivity contribution is 0.975. The van der Waals surface area contributed by atoms with Crippen LogP contribution in [0.2, 0.25) is 0 Å². The van der Waals surface area contributed by atoms with Gasteiger partial charge in [-0.1, -0.05) is 29.6 Å². The zero-order valence-corrected chi connectivity index (χ0v) is 9.19. The highest BCUT2D eigenvalue weighted by Crippen LogP contribution is 2.26. The Morgan fingerprint density at radius 3 is 2.75 bits per heavy atom. The molecule has 2 atom stereocenters. The summed E-state index contributed by atoms with van der Waals surface area (Å²) in [6.07, 6.45) is 4.63. The smallest absolute Gasteiger partial charge is 0.0221 e. The summed E-state index contributed by atoms with van der Waals surface area (Å²) in [7, 11) is 5.54. The van der Waals surface area contributed by atoms with E-state index in [9.17, 15) is 0 Å². The van der Waals surface area contributed by atoms with Crippen LogP contribution in [-0.2, 0) is 6.42 Å². The predicted octanol–water partition coefficient (Wildman–Crippen LogP) is 2.35. The molecular weight excluding hydrogens is 182 g/mol. The lowest BCUT2D eigenvalue weighted by atomic mass is 9.97. The molecule has 1 aliphatic carbocycles. The van der Waals surface area contributed by atoms with Crippen LogP contribution in [0.4, 0.5) is 0 Å². The molecule has 0 saturated carbocycles. The van der Waals surface area contributed by atoms with E-state index in [1.807, 2.05) is 0 Å². The summed E-state index contributed by atoms with van der Waals surface area (Å²) in [5.74, 6) is 0. The summed E-state index contributed by atoms with van der Waals surface area (Å²) in [6, 6.07) is 6.60. The Kier molecular flexibility index (Phi) is 2.31. The molecule has 62 valence electrons. The summed E-state index contributed by atoms with van der Waals surface area (Å²) < 4.78 is 0. The van der Waals surface area contributed by atoms with Gasteiger partial charge in [-0.25, -0.2) is 0 Å². The van der Waals surface area contributed by atoms with Crippen LogP contribution in [-0.4, -0.2) is 0 Å². The Hall–Kier alpha value is -0.180. The van der Waals surface area contributed by atoms with Crippen molar-refractivity contribution in [3.8, 4) is 0 Å². The minimum Gasteiger partial charge on any atom is -0.110 e. The van der Waals surface area contributed by atoms with Crippen molar-refractivity contribution >= 4 is 29.9 Å². The predicted molar refractivity (Wildman–Crippen MR) is 61.8 cm³/mol. The fraction of sp³-hybridized carbons (Fsp3) is 0.200. The third-order valence-electron chi connectivity index (χ3n) is 2.19. The topological polar surface area (TPSA) is 0 Å². The van der Waals surface area contributed by atoms with Crippen molar-refractivity contribution < 1.29 is 0 Å². The van der Waals surface area contributed by atoms with E-state index in [0.29, 0.717) is 0 Å². The number of hydrogen-bond donors (Lipinski definition) is 0. The molecule has 12 heavy (non-hydrogen) atoms. The number of hydrogen-bond acceptors (Lipinski definition) is 0. The van der Waals surface area contributed by atoms with Crippen molar-refractivity contribution in [1.29, 1.82) is 0 Å². The summed E-state index contributed by atoms with van der Waals surface area (Å²) >= 11 is 0. The second kappa shape index (κ2) is 3.29. The van der Waals surface area contributed by atoms with E-state index >= 15 is 0 Å². The van der Waals surface area contributed by atoms with Crippen molar-refractivity contribution in [3.63, 3.8) is 0 Å². The number of benzene rings is 1. The number of fused-ring (bicyclic) bond motifs is 1. The maximum Gasteiger partial charge on any atom is -0.0221 e. The van der Waals surface area contributed by atoms with E-state index in [2.05, 4.69) is 42.8 Å². The largest absolute Gasteiger partial charge is 0.110 e. The van der Waals surface area contributed by atoms with Crippen LogP contribution in [0.1, 0.15) is 17.5 Å². The van der Waals surface area contributed by atoms with E-state index in [1.165, 1.54) is 34.6 Å². The van der Waals surface area contributed by atoms with E-state index in [-0.39, 0.29) is 0 Å². The van der Waals surface area contributed by atoms with Gasteiger partial charge >= 0.3 is 0 Å². The molecule has 1 aliphatic rings. The average Bonchev–Trinajstić information content (AvgIpc) is 2.05. The van der Waals surface area contributed by atoms with Gasteiger partial charge in [-0.15, -0.1) is 18.5 Å². The third kappa shape index (κ3) is 1.60. The maximum absolute atomic E-state index is 2.80. The maximum atomic E-state index is 2.80. The zero-order valence-electron chi connectivity index (χ0n) is 6.88. The summed E-state index contributed by atoms with van der Waals surface area (Å²) in [6.45, 7) is 0. The summed E-state index contributed by atoms with van der Waals surface area (Å²) in [5.41, 5.74) is 2.87. The molecule has 0 heterocycles. The molecule has 2 rings (SSSR count). The molecule has 1 aromatic carbocycles. The third-order valence-corrected chi connectivity index (χ3v) is 3.01. The lowest BCUT2D eigenvalue weighted by Crippen LogP contribution is -2.00. The summed E-state index contributed by atoms with van der Waals surface area (Å²) in [4.78, 5) is 0. The van der Waals surface area contributed by atoms with Crippen LogP contribution in [0.25, 0.3) is 6.08 Å². The molecule has 0 aromatic heterocycles. The van der Waals surface area contributed by atoms with E-state index in [4.69, 9.17) is 0 Å². The molecule has 0 spiro atoms. The van der Waals surface area contributed by atoms with Crippen LogP contribution < -0.4 is 5.30 Å². The first-order valence-corrected chi connectivity index (χ1v) is 5.25. The second-order valence-electron chi connectivity index (χ2n) is 3.18. The number of allylic oxidation sites excluding steroid dienone is 1. The van der Waals surface area contributed by atoms with Crippen LogP contribution in [0.5, 0.6) is 0 Å². The second-order valence-corrected chi connectivity index (χ2v) is 4.59. The van der Waals surface area contributed by atoms with E-state index < -0.39 is 0 Å². The minimum atomic E-state index is 1.19. The highest BCUT2D eigenvalue weighted by atomic mass is 31.0. The van der Waals surface area contributed by atoms with Gasteiger partial charge < -0.3 is 0 Å². The molecule has 1 aromatic rings. The molecule has 2 heteroatoms. The highest BCUT2D eigenvalue weighted by molar-refractivity contribution is 7.27. The molecule has 0 N–H and O–H groups in total. The van der Waals surface area contributed by atoms with Gasteiger partial charge in [0, 0.05) is 0 Å². The van der Waals surface area contributed by atoms with Crippen LogP contribution in [0.15, 0.2) is 23.5 Å². The fourth-order valence-corrected chi connectivity index (χ4v) is 2.16. The Labute approximate surface area is 77.9 Å². The Bertz CT molecular complexity index is 340. The van der Waals surface area contributed by atoms with Gasteiger partial charge in [0.25, 0.3) is 0 Å². The quantitative estimate of drug-likeness (QED) is 0.556.